The molecule has 0 aliphatic rings. The van der Waals surface area contributed by atoms with Crippen LogP contribution in [0.4, 0.5) is 10.8 Å². The number of carbonyl (C=O) groups is 2. The van der Waals surface area contributed by atoms with Gasteiger partial charge in [-0.15, -0.1) is 11.3 Å². The SMILES string of the molecule is N#C/C(C(=O)Nc1nc(-c2cc3ccccc3oc2=O)cs1)=C(\Nc1ccccc1)SCC(=O)c1cc2ccccc2oc1=O. The number of nitrogens with one attached hydrogen (secondary N) is 2. The van der Waals surface area contributed by atoms with Gasteiger partial charge in [0, 0.05) is 21.8 Å². The van der Waals surface area contributed by atoms with Crippen LogP contribution in [-0.2, 0) is 4.79 Å². The predicted octanol–water partition coefficient (Wildman–Crippen LogP) is 6.42. The third-order valence-electron chi connectivity index (χ3n) is 6.53. The quantitative estimate of drug-likeness (QED) is 0.0789. The van der Waals surface area contributed by atoms with E-state index in [0.29, 0.717) is 33.3 Å². The first-order valence-corrected chi connectivity index (χ1v) is 15.2. The number of nitrogens with zero attached hydrogens (tertiary/aromatic N) is 2. The van der Waals surface area contributed by atoms with Crippen LogP contribution in [0.2, 0.25) is 0 Å². The molecule has 12 heteroatoms. The van der Waals surface area contributed by atoms with Gasteiger partial charge in [0.05, 0.1) is 22.0 Å². The second-order valence-electron chi connectivity index (χ2n) is 9.48. The molecule has 0 bridgehead atoms. The Balaban J connectivity index is 1.26. The summed E-state index contributed by atoms with van der Waals surface area (Å²) in [6, 6.07) is 27.7. The molecule has 1 amide bonds. The fourth-order valence-electron chi connectivity index (χ4n) is 4.35. The average Bonchev–Trinajstić information content (AvgIpc) is 3.51. The second-order valence-corrected chi connectivity index (χ2v) is 11.3. The lowest BCUT2D eigenvalue weighted by atomic mass is 10.1. The van der Waals surface area contributed by atoms with Crippen LogP contribution in [0.1, 0.15) is 10.4 Å². The summed E-state index contributed by atoms with van der Waals surface area (Å²) in [4.78, 5) is 56.0. The van der Waals surface area contributed by atoms with Gasteiger partial charge in [-0.25, -0.2) is 14.6 Å². The molecule has 0 aliphatic heterocycles. The van der Waals surface area contributed by atoms with Gasteiger partial charge >= 0.3 is 11.3 Å². The Morgan fingerprint density at radius 1 is 0.844 bits per heavy atom. The molecule has 45 heavy (non-hydrogen) atoms. The highest BCUT2D eigenvalue weighted by atomic mass is 32.2. The Morgan fingerprint density at radius 2 is 1.49 bits per heavy atom. The van der Waals surface area contributed by atoms with E-state index in [0.717, 1.165) is 23.1 Å². The van der Waals surface area contributed by atoms with E-state index in [1.807, 2.05) is 12.1 Å². The summed E-state index contributed by atoms with van der Waals surface area (Å²) in [6.45, 7) is 0. The first kappa shape index (κ1) is 29.3. The molecule has 0 atom stereocenters. The number of thioether (sulfide) groups is 1. The Labute approximate surface area is 262 Å². The number of hydrogen-bond donors (Lipinski definition) is 2. The topological polar surface area (TPSA) is 155 Å². The van der Waals surface area contributed by atoms with Crippen molar-refractivity contribution >= 4 is 67.5 Å². The molecule has 3 heterocycles. The maximum absolute atomic E-state index is 13.4. The van der Waals surface area contributed by atoms with Crippen molar-refractivity contribution in [3.05, 3.63) is 133 Å². The van der Waals surface area contributed by atoms with E-state index >= 15 is 0 Å². The number of hydrogen-bond acceptors (Lipinski definition) is 11. The number of fused-ring (bicyclic) bond motifs is 2. The number of amides is 1. The van der Waals surface area contributed by atoms with Crippen molar-refractivity contribution in [1.29, 1.82) is 5.26 Å². The van der Waals surface area contributed by atoms with E-state index in [1.165, 1.54) is 6.07 Å². The molecular weight excluding hydrogens is 613 g/mol. The molecule has 0 saturated carbocycles. The first-order valence-electron chi connectivity index (χ1n) is 13.3. The van der Waals surface area contributed by atoms with Gasteiger partial charge in [0.2, 0.25) is 0 Å². The maximum Gasteiger partial charge on any atom is 0.347 e. The largest absolute Gasteiger partial charge is 0.422 e. The van der Waals surface area contributed by atoms with E-state index in [1.54, 1.807) is 84.2 Å². The highest BCUT2D eigenvalue weighted by Crippen LogP contribution is 2.28. The number of para-hydroxylation sites is 3. The zero-order chi connectivity index (χ0) is 31.3. The number of benzene rings is 3. The van der Waals surface area contributed by atoms with Crippen molar-refractivity contribution in [3.8, 4) is 17.3 Å². The van der Waals surface area contributed by atoms with Crippen molar-refractivity contribution in [1.82, 2.24) is 4.98 Å². The van der Waals surface area contributed by atoms with Crippen LogP contribution >= 0.6 is 23.1 Å². The van der Waals surface area contributed by atoms with E-state index in [9.17, 15) is 24.4 Å². The highest BCUT2D eigenvalue weighted by molar-refractivity contribution is 8.03. The monoisotopic (exact) mass is 632 g/mol. The summed E-state index contributed by atoms with van der Waals surface area (Å²) in [5.41, 5.74) is 0.0698. The van der Waals surface area contributed by atoms with Crippen LogP contribution < -0.4 is 21.9 Å². The zero-order valence-electron chi connectivity index (χ0n) is 23.1. The zero-order valence-corrected chi connectivity index (χ0v) is 24.7. The van der Waals surface area contributed by atoms with Crippen LogP contribution in [0, 0.1) is 11.3 Å². The molecule has 10 nitrogen and oxygen atoms in total. The Kier molecular flexibility index (Phi) is 8.37. The van der Waals surface area contributed by atoms with Gasteiger partial charge in [0.25, 0.3) is 5.91 Å². The van der Waals surface area contributed by atoms with Gasteiger partial charge in [-0.2, -0.15) is 5.26 Å². The predicted molar refractivity (Wildman–Crippen MR) is 174 cm³/mol. The minimum Gasteiger partial charge on any atom is -0.422 e. The minimum absolute atomic E-state index is 0.0895. The van der Waals surface area contributed by atoms with Gasteiger partial charge in [-0.1, -0.05) is 66.4 Å². The van der Waals surface area contributed by atoms with Gasteiger partial charge in [0.15, 0.2) is 10.9 Å². The smallest absolute Gasteiger partial charge is 0.347 e. The number of thiazole rings is 1. The molecule has 3 aromatic carbocycles. The number of anilines is 2. The molecule has 0 aliphatic carbocycles. The molecule has 0 radical (unpaired) electrons. The molecule has 0 saturated heterocycles. The summed E-state index contributed by atoms with van der Waals surface area (Å²) < 4.78 is 10.7. The van der Waals surface area contributed by atoms with Crippen LogP contribution in [0.15, 0.2) is 125 Å². The summed E-state index contributed by atoms with van der Waals surface area (Å²) in [7, 11) is 0. The molecule has 6 rings (SSSR count). The molecule has 0 unspecified atom stereocenters. The lowest BCUT2D eigenvalue weighted by molar-refractivity contribution is -0.112. The molecule has 0 fully saturated rings. The van der Waals surface area contributed by atoms with Crippen molar-refractivity contribution in [3.63, 3.8) is 0 Å². The fraction of sp³-hybridized carbons (Fsp3) is 0.0303. The van der Waals surface area contributed by atoms with Crippen molar-refractivity contribution in [2.45, 2.75) is 0 Å². The molecular formula is C33H20N4O6S2. The molecule has 6 aromatic rings. The normalized spacial score (nSPS) is 11.5. The van der Waals surface area contributed by atoms with Crippen LogP contribution in [0.5, 0.6) is 0 Å². The lowest BCUT2D eigenvalue weighted by Crippen LogP contribution is -2.19. The maximum atomic E-state index is 13.4. The van der Waals surface area contributed by atoms with Gasteiger partial charge in [0.1, 0.15) is 28.4 Å². The van der Waals surface area contributed by atoms with Crippen molar-refractivity contribution in [2.24, 2.45) is 0 Å². The van der Waals surface area contributed by atoms with Gasteiger partial charge in [-0.05, 0) is 36.4 Å². The van der Waals surface area contributed by atoms with Crippen molar-refractivity contribution < 1.29 is 18.4 Å². The van der Waals surface area contributed by atoms with Crippen LogP contribution in [-0.4, -0.2) is 22.4 Å². The Bertz CT molecular complexity index is 2280. The number of rotatable bonds is 9. The Hall–Kier alpha value is -5.77. The number of nitriles is 1. The number of aromatic nitrogens is 1. The lowest BCUT2D eigenvalue weighted by Gasteiger charge is -2.13. The van der Waals surface area contributed by atoms with Crippen LogP contribution in [0.3, 0.4) is 0 Å². The molecule has 220 valence electrons. The van der Waals surface area contributed by atoms with E-state index in [-0.39, 0.29) is 32.6 Å². The summed E-state index contributed by atoms with van der Waals surface area (Å²) in [5, 5.41) is 18.8. The van der Waals surface area contributed by atoms with Gasteiger partial charge < -0.3 is 14.2 Å². The Morgan fingerprint density at radius 3 is 2.20 bits per heavy atom. The van der Waals surface area contributed by atoms with E-state index in [2.05, 4.69) is 15.6 Å². The summed E-state index contributed by atoms with van der Waals surface area (Å²) >= 11 is 1.96. The molecule has 2 N–H and O–H groups in total. The van der Waals surface area contributed by atoms with E-state index in [4.69, 9.17) is 8.83 Å². The van der Waals surface area contributed by atoms with Crippen LogP contribution in [0.25, 0.3) is 33.2 Å². The van der Waals surface area contributed by atoms with Crippen molar-refractivity contribution in [2.75, 3.05) is 16.4 Å². The summed E-state index contributed by atoms with van der Waals surface area (Å²) in [6.07, 6.45) is 0. The average molecular weight is 633 g/mol. The third kappa shape index (κ3) is 6.45. The first-order chi connectivity index (χ1) is 21.9. The fourth-order valence-corrected chi connectivity index (χ4v) is 5.96. The van der Waals surface area contributed by atoms with E-state index < -0.39 is 22.9 Å². The third-order valence-corrected chi connectivity index (χ3v) is 8.29. The summed E-state index contributed by atoms with van der Waals surface area (Å²) in [5.74, 6) is -1.59. The molecule has 0 spiro atoms. The molecule has 3 aromatic heterocycles. The minimum atomic E-state index is -0.785. The highest BCUT2D eigenvalue weighted by Gasteiger charge is 2.22. The standard InChI is InChI=1S/C33H20N4O6S2/c34-16-24(29(39)37-33-36-25(17-45-33)22-14-19-8-4-6-12-27(19)42-31(22)40)30(35-21-10-2-1-3-11-21)44-18-26(38)23-15-20-9-5-7-13-28(20)43-32(23)41/h1-15,17,35H,18H2,(H,36,37,39)/b30-24-. The number of carbonyl (C=O) groups excluding carboxylic acids is 2. The van der Waals surface area contributed by atoms with Gasteiger partial charge in [-0.3, -0.25) is 14.9 Å². The second kappa shape index (κ2) is 12.8. The number of ketones is 1. The number of Topliss-reactive ketones (excluding diaryl/α,β-unsaturated/α-hetero) is 1.